The highest BCUT2D eigenvalue weighted by Gasteiger charge is 2.34. The van der Waals surface area contributed by atoms with Crippen LogP contribution in [0.3, 0.4) is 0 Å². The van der Waals surface area contributed by atoms with Crippen molar-refractivity contribution < 1.29 is 13.2 Å². The highest BCUT2D eigenvalue weighted by atomic mass is 35.5. The third-order valence-electron chi connectivity index (χ3n) is 4.31. The molecule has 2 aromatic carbocycles. The number of hydrogen-bond acceptors (Lipinski definition) is 2. The van der Waals surface area contributed by atoms with Crippen molar-refractivity contribution in [2.75, 3.05) is 26.2 Å². The average Bonchev–Trinajstić information content (AvgIpc) is 2.58. The van der Waals surface area contributed by atoms with E-state index in [1.165, 1.54) is 6.07 Å². The molecule has 1 fully saturated rings. The van der Waals surface area contributed by atoms with Crippen LogP contribution in [0.25, 0.3) is 0 Å². The second-order valence-corrected chi connectivity index (χ2v) is 6.82. The first-order chi connectivity index (χ1) is 11.9. The van der Waals surface area contributed by atoms with E-state index in [0.29, 0.717) is 10.6 Å². The van der Waals surface area contributed by atoms with Gasteiger partial charge in [0.05, 0.1) is 16.6 Å². The monoisotopic (exact) mass is 388 g/mol. The largest absolute Gasteiger partial charge is 0.417 e. The van der Waals surface area contributed by atoms with Crippen LogP contribution in [0.5, 0.6) is 0 Å². The van der Waals surface area contributed by atoms with Crippen LogP contribution >= 0.6 is 23.2 Å². The fourth-order valence-corrected chi connectivity index (χ4v) is 3.48. The lowest BCUT2D eigenvalue weighted by molar-refractivity contribution is -0.137. The van der Waals surface area contributed by atoms with Gasteiger partial charge >= 0.3 is 6.18 Å². The molecule has 1 unspecified atom stereocenters. The van der Waals surface area contributed by atoms with Gasteiger partial charge in [0.1, 0.15) is 0 Å². The van der Waals surface area contributed by atoms with Crippen molar-refractivity contribution in [1.29, 1.82) is 0 Å². The molecule has 2 aromatic rings. The van der Waals surface area contributed by atoms with Crippen LogP contribution in [0, 0.1) is 0 Å². The third-order valence-corrected chi connectivity index (χ3v) is 4.90. The first-order valence-electron chi connectivity index (χ1n) is 7.93. The van der Waals surface area contributed by atoms with Gasteiger partial charge in [0.25, 0.3) is 0 Å². The van der Waals surface area contributed by atoms with Crippen molar-refractivity contribution in [3.05, 3.63) is 69.2 Å². The number of hydrogen-bond donors (Lipinski definition) is 1. The van der Waals surface area contributed by atoms with Crippen LogP contribution in [0.15, 0.2) is 42.5 Å². The number of piperazine rings is 1. The lowest BCUT2D eigenvalue weighted by Crippen LogP contribution is -2.45. The maximum Gasteiger partial charge on any atom is 0.417 e. The zero-order valence-corrected chi connectivity index (χ0v) is 14.8. The highest BCUT2D eigenvalue weighted by Crippen LogP contribution is 2.38. The van der Waals surface area contributed by atoms with Crippen LogP contribution < -0.4 is 5.32 Å². The lowest BCUT2D eigenvalue weighted by Gasteiger charge is -2.36. The predicted octanol–water partition coefficient (Wildman–Crippen LogP) is 5.01. The molecule has 134 valence electrons. The van der Waals surface area contributed by atoms with Crippen LogP contribution in [0.2, 0.25) is 10.0 Å². The van der Waals surface area contributed by atoms with Gasteiger partial charge in [0, 0.05) is 31.2 Å². The molecular weight excluding hydrogens is 372 g/mol. The van der Waals surface area contributed by atoms with E-state index in [1.807, 2.05) is 12.1 Å². The number of alkyl halides is 3. The number of nitrogens with one attached hydrogen (secondary N) is 1. The zero-order valence-electron chi connectivity index (χ0n) is 13.3. The predicted molar refractivity (Wildman–Crippen MR) is 94.2 cm³/mol. The normalized spacial score (nSPS) is 17.5. The summed E-state index contributed by atoms with van der Waals surface area (Å²) in [7, 11) is 0. The first kappa shape index (κ1) is 18.5. The SMILES string of the molecule is FC(F)(F)c1cc(C(c2ccc(Cl)cc2)N2CCNCC2)ccc1Cl. The van der Waals surface area contributed by atoms with Gasteiger partial charge in [-0.05, 0) is 35.4 Å². The standard InChI is InChI=1S/C18H17Cl2F3N2/c19-14-4-1-12(2-5-14)17(25-9-7-24-8-10-25)13-3-6-16(20)15(11-13)18(21,22)23/h1-6,11,17,24H,7-10H2. The summed E-state index contributed by atoms with van der Waals surface area (Å²) in [5.74, 6) is 0. The Morgan fingerprint density at radius 3 is 2.12 bits per heavy atom. The van der Waals surface area contributed by atoms with E-state index >= 15 is 0 Å². The molecular formula is C18H17Cl2F3N2. The number of nitrogens with zero attached hydrogens (tertiary/aromatic N) is 1. The fraction of sp³-hybridized carbons (Fsp3) is 0.333. The summed E-state index contributed by atoms with van der Waals surface area (Å²) in [4.78, 5) is 2.17. The molecule has 0 saturated carbocycles. The van der Waals surface area contributed by atoms with Crippen LogP contribution in [0.1, 0.15) is 22.7 Å². The van der Waals surface area contributed by atoms with Crippen LogP contribution in [-0.2, 0) is 6.18 Å². The molecule has 0 radical (unpaired) electrons. The van der Waals surface area contributed by atoms with Gasteiger partial charge in [-0.1, -0.05) is 41.4 Å². The minimum Gasteiger partial charge on any atom is -0.314 e. The summed E-state index contributed by atoms with van der Waals surface area (Å²) in [5, 5.41) is 3.57. The zero-order chi connectivity index (χ0) is 18.0. The Kier molecular flexibility index (Phi) is 5.58. The molecule has 1 aliphatic heterocycles. The second-order valence-electron chi connectivity index (χ2n) is 5.98. The summed E-state index contributed by atoms with van der Waals surface area (Å²) in [6, 6.07) is 11.1. The van der Waals surface area contributed by atoms with Gasteiger partial charge in [-0.3, -0.25) is 4.90 Å². The number of rotatable bonds is 3. The Morgan fingerprint density at radius 2 is 1.52 bits per heavy atom. The second kappa shape index (κ2) is 7.54. The van der Waals surface area contributed by atoms with E-state index < -0.39 is 11.7 Å². The van der Waals surface area contributed by atoms with Gasteiger partial charge in [-0.25, -0.2) is 0 Å². The quantitative estimate of drug-likeness (QED) is 0.794. The summed E-state index contributed by atoms with van der Waals surface area (Å²) in [6.45, 7) is 3.09. The molecule has 1 atom stereocenters. The smallest absolute Gasteiger partial charge is 0.314 e. The number of halogens is 5. The molecule has 0 aromatic heterocycles. The van der Waals surface area contributed by atoms with E-state index in [1.54, 1.807) is 18.2 Å². The number of benzene rings is 2. The van der Waals surface area contributed by atoms with Crippen LogP contribution in [-0.4, -0.2) is 31.1 Å². The van der Waals surface area contributed by atoms with E-state index in [4.69, 9.17) is 23.2 Å². The van der Waals surface area contributed by atoms with Crippen molar-refractivity contribution >= 4 is 23.2 Å². The third kappa shape index (κ3) is 4.29. The highest BCUT2D eigenvalue weighted by molar-refractivity contribution is 6.31. The Hall–Kier alpha value is -1.27. The minimum atomic E-state index is -4.49. The molecule has 1 N–H and O–H groups in total. The minimum absolute atomic E-state index is 0.280. The maximum atomic E-state index is 13.3. The van der Waals surface area contributed by atoms with Crippen molar-refractivity contribution in [3.8, 4) is 0 Å². The topological polar surface area (TPSA) is 15.3 Å². The van der Waals surface area contributed by atoms with Gasteiger partial charge in [-0.2, -0.15) is 13.2 Å². The Bertz CT molecular complexity index is 726. The molecule has 25 heavy (non-hydrogen) atoms. The molecule has 3 rings (SSSR count). The maximum absolute atomic E-state index is 13.3. The molecule has 1 saturated heterocycles. The lowest BCUT2D eigenvalue weighted by atomic mass is 9.95. The molecule has 0 amide bonds. The summed E-state index contributed by atoms with van der Waals surface area (Å²) < 4.78 is 39.8. The average molecular weight is 389 g/mol. The van der Waals surface area contributed by atoms with Crippen molar-refractivity contribution in [2.24, 2.45) is 0 Å². The van der Waals surface area contributed by atoms with Crippen molar-refractivity contribution in [3.63, 3.8) is 0 Å². The summed E-state index contributed by atoms with van der Waals surface area (Å²) in [6.07, 6.45) is -4.49. The van der Waals surface area contributed by atoms with Gasteiger partial charge < -0.3 is 5.32 Å². The molecule has 7 heteroatoms. The van der Waals surface area contributed by atoms with E-state index in [9.17, 15) is 13.2 Å². The first-order valence-corrected chi connectivity index (χ1v) is 8.69. The molecule has 0 bridgehead atoms. The molecule has 2 nitrogen and oxygen atoms in total. The molecule has 1 heterocycles. The molecule has 1 aliphatic rings. The van der Waals surface area contributed by atoms with Gasteiger partial charge in [-0.15, -0.1) is 0 Å². The van der Waals surface area contributed by atoms with E-state index in [2.05, 4.69) is 10.2 Å². The van der Waals surface area contributed by atoms with Crippen molar-refractivity contribution in [1.82, 2.24) is 10.2 Å². The van der Waals surface area contributed by atoms with Gasteiger partial charge in [0.15, 0.2) is 0 Å². The van der Waals surface area contributed by atoms with Gasteiger partial charge in [0.2, 0.25) is 0 Å². The van der Waals surface area contributed by atoms with E-state index in [0.717, 1.165) is 37.8 Å². The Labute approximate surface area is 154 Å². The molecule has 0 aliphatic carbocycles. The fourth-order valence-electron chi connectivity index (χ4n) is 3.13. The Balaban J connectivity index is 2.06. The van der Waals surface area contributed by atoms with Crippen molar-refractivity contribution in [2.45, 2.75) is 12.2 Å². The van der Waals surface area contributed by atoms with Crippen LogP contribution in [0.4, 0.5) is 13.2 Å². The van der Waals surface area contributed by atoms with E-state index in [-0.39, 0.29) is 11.1 Å². The molecule has 0 spiro atoms. The summed E-state index contributed by atoms with van der Waals surface area (Å²) in [5.41, 5.74) is 0.670. The Morgan fingerprint density at radius 1 is 0.920 bits per heavy atom. The summed E-state index contributed by atoms with van der Waals surface area (Å²) >= 11 is 11.7.